The van der Waals surface area contributed by atoms with E-state index in [9.17, 15) is 4.79 Å². The van der Waals surface area contributed by atoms with Crippen LogP contribution in [-0.2, 0) is 17.7 Å². The van der Waals surface area contributed by atoms with Gasteiger partial charge in [-0.05, 0) is 53.3 Å². The van der Waals surface area contributed by atoms with Gasteiger partial charge < -0.3 is 14.4 Å². The number of para-hydroxylation sites is 1. The lowest BCUT2D eigenvalue weighted by Gasteiger charge is -2.32. The van der Waals surface area contributed by atoms with Crippen molar-refractivity contribution in [1.82, 2.24) is 25.1 Å². The third kappa shape index (κ3) is 6.20. The van der Waals surface area contributed by atoms with E-state index in [4.69, 9.17) is 21.1 Å². The van der Waals surface area contributed by atoms with Crippen molar-refractivity contribution >= 4 is 17.7 Å². The highest BCUT2D eigenvalue weighted by Crippen LogP contribution is 2.24. The van der Waals surface area contributed by atoms with Crippen molar-refractivity contribution in [1.29, 1.82) is 0 Å². The van der Waals surface area contributed by atoms with Crippen molar-refractivity contribution in [3.8, 4) is 5.75 Å². The van der Waals surface area contributed by atoms with Crippen molar-refractivity contribution in [2.24, 2.45) is 5.92 Å². The molecule has 0 spiro atoms. The number of amides is 1. The number of hydrogen-bond acceptors (Lipinski definition) is 6. The number of carbonyl (C=O) groups is 1. The number of hydrogen-bond donors (Lipinski definition) is 0. The Labute approximate surface area is 192 Å². The van der Waals surface area contributed by atoms with Crippen molar-refractivity contribution in [2.45, 2.75) is 31.9 Å². The average molecular weight is 456 g/mol. The van der Waals surface area contributed by atoms with Crippen LogP contribution in [0, 0.1) is 5.92 Å². The van der Waals surface area contributed by atoms with Gasteiger partial charge in [-0.1, -0.05) is 54.1 Å². The van der Waals surface area contributed by atoms with Crippen LogP contribution in [0.25, 0.3) is 0 Å². The van der Waals surface area contributed by atoms with Gasteiger partial charge in [0.2, 0.25) is 0 Å². The number of halogens is 1. The maximum atomic E-state index is 12.8. The number of nitrogens with zero attached hydrogens (tertiary/aromatic N) is 5. The molecule has 3 aromatic rings. The number of benzene rings is 2. The molecule has 8 nitrogen and oxygen atoms in total. The van der Waals surface area contributed by atoms with E-state index < -0.39 is 6.10 Å². The summed E-state index contributed by atoms with van der Waals surface area (Å²) in [7, 11) is 0. The first-order valence-electron chi connectivity index (χ1n) is 10.7. The molecular formula is C23H26ClN5O3. The van der Waals surface area contributed by atoms with E-state index >= 15 is 0 Å². The molecule has 1 unspecified atom stereocenters. The fraction of sp³-hybridized carbons (Fsp3) is 0.391. The number of carbonyl (C=O) groups excluding carboxylic acids is 1. The Morgan fingerprint density at radius 3 is 2.56 bits per heavy atom. The lowest BCUT2D eigenvalue weighted by atomic mass is 9.90. The largest absolute Gasteiger partial charge is 0.488 e. The second-order valence-electron chi connectivity index (χ2n) is 7.90. The van der Waals surface area contributed by atoms with Crippen LogP contribution in [0.3, 0.4) is 0 Å². The summed E-state index contributed by atoms with van der Waals surface area (Å²) in [6.07, 6.45) is 3.52. The number of aromatic nitrogens is 4. The zero-order valence-corrected chi connectivity index (χ0v) is 18.5. The van der Waals surface area contributed by atoms with E-state index in [1.165, 1.54) is 16.6 Å². The third-order valence-corrected chi connectivity index (χ3v) is 5.86. The molecule has 1 atom stereocenters. The smallest absolute Gasteiger partial charge is 0.410 e. The Kier molecular flexibility index (Phi) is 7.55. The first-order valence-corrected chi connectivity index (χ1v) is 11.1. The quantitative estimate of drug-likeness (QED) is 0.513. The molecular weight excluding hydrogens is 430 g/mol. The molecule has 0 N–H and O–H groups in total. The number of ether oxygens (including phenoxy) is 2. The molecule has 2 aromatic carbocycles. The summed E-state index contributed by atoms with van der Waals surface area (Å²) < 4.78 is 13.1. The Bertz CT molecular complexity index is 978. The lowest BCUT2D eigenvalue weighted by molar-refractivity contribution is 0.0230. The van der Waals surface area contributed by atoms with Gasteiger partial charge >= 0.3 is 6.09 Å². The molecule has 168 valence electrons. The Balaban J connectivity index is 1.31. The minimum absolute atomic E-state index is 0.139. The molecule has 32 heavy (non-hydrogen) atoms. The standard InChI is InChI=1S/C23H26ClN5O3/c24-21-8-4-5-9-22(21)31-16-20(15-29-17-25-26-27-29)32-23(30)28-12-10-19(11-13-28)14-18-6-2-1-3-7-18/h1-9,17,19-20H,10-16H2. The molecule has 1 saturated heterocycles. The molecule has 1 aromatic heterocycles. The van der Waals surface area contributed by atoms with Crippen LogP contribution >= 0.6 is 11.6 Å². The van der Waals surface area contributed by atoms with Crippen molar-refractivity contribution in [3.05, 3.63) is 71.5 Å². The van der Waals surface area contributed by atoms with Crippen molar-refractivity contribution < 1.29 is 14.3 Å². The zero-order valence-electron chi connectivity index (χ0n) is 17.7. The van der Waals surface area contributed by atoms with E-state index in [1.54, 1.807) is 17.0 Å². The minimum atomic E-state index is -0.565. The minimum Gasteiger partial charge on any atom is -0.488 e. The number of rotatable bonds is 8. The Morgan fingerprint density at radius 2 is 1.84 bits per heavy atom. The highest BCUT2D eigenvalue weighted by molar-refractivity contribution is 6.32. The lowest BCUT2D eigenvalue weighted by Crippen LogP contribution is -2.42. The van der Waals surface area contributed by atoms with Crippen LogP contribution in [0.2, 0.25) is 5.02 Å². The molecule has 0 saturated carbocycles. The fourth-order valence-corrected chi connectivity index (χ4v) is 4.02. The van der Waals surface area contributed by atoms with Crippen LogP contribution < -0.4 is 4.74 Å². The van der Waals surface area contributed by atoms with E-state index in [0.29, 0.717) is 29.8 Å². The Hall–Kier alpha value is -3.13. The molecule has 1 amide bonds. The predicted molar refractivity (Wildman–Crippen MR) is 119 cm³/mol. The molecule has 4 rings (SSSR count). The summed E-state index contributed by atoms with van der Waals surface area (Å²) in [6.45, 7) is 1.78. The van der Waals surface area contributed by atoms with E-state index in [-0.39, 0.29) is 19.2 Å². The van der Waals surface area contributed by atoms with Gasteiger partial charge in [-0.25, -0.2) is 9.48 Å². The van der Waals surface area contributed by atoms with Gasteiger partial charge in [-0.3, -0.25) is 0 Å². The van der Waals surface area contributed by atoms with Gasteiger partial charge in [-0.15, -0.1) is 5.10 Å². The van der Waals surface area contributed by atoms with Crippen LogP contribution in [0.1, 0.15) is 18.4 Å². The topological polar surface area (TPSA) is 82.4 Å². The molecule has 0 bridgehead atoms. The van der Waals surface area contributed by atoms with Crippen molar-refractivity contribution in [2.75, 3.05) is 19.7 Å². The van der Waals surface area contributed by atoms with Gasteiger partial charge in [0, 0.05) is 13.1 Å². The Morgan fingerprint density at radius 1 is 1.09 bits per heavy atom. The summed E-state index contributed by atoms with van der Waals surface area (Å²) in [6, 6.07) is 17.7. The first-order chi connectivity index (χ1) is 15.7. The van der Waals surface area contributed by atoms with Crippen LogP contribution in [0.4, 0.5) is 4.79 Å². The van der Waals surface area contributed by atoms with Crippen LogP contribution in [0.15, 0.2) is 60.9 Å². The van der Waals surface area contributed by atoms with Gasteiger partial charge in [0.15, 0.2) is 6.10 Å². The number of tetrazole rings is 1. The van der Waals surface area contributed by atoms with E-state index in [1.807, 2.05) is 18.2 Å². The number of piperidine rings is 1. The predicted octanol–water partition coefficient (Wildman–Crippen LogP) is 3.87. The molecule has 0 radical (unpaired) electrons. The van der Waals surface area contributed by atoms with E-state index in [0.717, 1.165) is 19.3 Å². The highest BCUT2D eigenvalue weighted by Gasteiger charge is 2.27. The van der Waals surface area contributed by atoms with Gasteiger partial charge in [0.25, 0.3) is 0 Å². The fourth-order valence-electron chi connectivity index (χ4n) is 3.83. The summed E-state index contributed by atoms with van der Waals surface area (Å²) in [5.74, 6) is 1.11. The number of likely N-dealkylation sites (tertiary alicyclic amines) is 1. The SMILES string of the molecule is O=C(OC(COc1ccccc1Cl)Cn1cnnn1)N1CCC(Cc2ccccc2)CC1. The second kappa shape index (κ2) is 10.9. The first kappa shape index (κ1) is 22.1. The normalized spacial score (nSPS) is 15.3. The zero-order chi connectivity index (χ0) is 22.2. The molecule has 0 aliphatic carbocycles. The van der Waals surface area contributed by atoms with Crippen LogP contribution in [0.5, 0.6) is 5.75 Å². The van der Waals surface area contributed by atoms with Gasteiger partial charge in [0.1, 0.15) is 18.7 Å². The molecule has 1 aliphatic heterocycles. The van der Waals surface area contributed by atoms with Crippen molar-refractivity contribution in [3.63, 3.8) is 0 Å². The molecule has 1 fully saturated rings. The third-order valence-electron chi connectivity index (χ3n) is 5.55. The maximum absolute atomic E-state index is 12.8. The summed E-state index contributed by atoms with van der Waals surface area (Å²) >= 11 is 6.17. The monoisotopic (exact) mass is 455 g/mol. The molecule has 1 aliphatic rings. The van der Waals surface area contributed by atoms with Gasteiger partial charge in [-0.2, -0.15) is 0 Å². The second-order valence-corrected chi connectivity index (χ2v) is 8.31. The highest BCUT2D eigenvalue weighted by atomic mass is 35.5. The summed E-state index contributed by atoms with van der Waals surface area (Å²) in [5, 5.41) is 11.6. The maximum Gasteiger partial charge on any atom is 0.410 e. The molecule has 9 heteroatoms. The van der Waals surface area contributed by atoms with E-state index in [2.05, 4.69) is 39.8 Å². The van der Waals surface area contributed by atoms with Crippen LogP contribution in [-0.4, -0.2) is 57.0 Å². The average Bonchev–Trinajstić information content (AvgIpc) is 3.32. The molecule has 2 heterocycles. The summed E-state index contributed by atoms with van der Waals surface area (Å²) in [4.78, 5) is 14.6. The van der Waals surface area contributed by atoms with Gasteiger partial charge in [0.05, 0.1) is 11.6 Å². The summed E-state index contributed by atoms with van der Waals surface area (Å²) in [5.41, 5.74) is 1.34.